The van der Waals surface area contributed by atoms with Gasteiger partial charge in [0.1, 0.15) is 11.6 Å². The first-order chi connectivity index (χ1) is 10.3. The van der Waals surface area contributed by atoms with E-state index in [2.05, 4.69) is 38.5 Å². The molecule has 0 amide bonds. The van der Waals surface area contributed by atoms with E-state index in [0.29, 0.717) is 12.6 Å². The lowest BCUT2D eigenvalue weighted by atomic mass is 10.2. The summed E-state index contributed by atoms with van der Waals surface area (Å²) in [4.78, 5) is 4.42. The molecule has 0 spiro atoms. The number of rotatable bonds is 7. The molecule has 1 atom stereocenters. The number of primary sulfonamides is 1. The summed E-state index contributed by atoms with van der Waals surface area (Å²) in [5, 5.41) is 13.4. The summed E-state index contributed by atoms with van der Waals surface area (Å²) in [6.45, 7) is 7.95. The third-order valence-electron chi connectivity index (χ3n) is 4.28. The van der Waals surface area contributed by atoms with Crippen molar-refractivity contribution in [3.63, 3.8) is 0 Å². The number of hydrogen-bond acceptors (Lipinski definition) is 6. The number of hydrogen-bond donors (Lipinski definition) is 1. The van der Waals surface area contributed by atoms with Crippen molar-refractivity contribution in [1.29, 1.82) is 0 Å². The molecule has 2 rings (SSSR count). The first-order valence-corrected chi connectivity index (χ1v) is 9.33. The molecule has 9 heteroatoms. The lowest BCUT2D eigenvalue weighted by Crippen LogP contribution is -2.36. The highest BCUT2D eigenvalue weighted by Crippen LogP contribution is 2.16. The van der Waals surface area contributed by atoms with E-state index in [1.165, 1.54) is 0 Å². The third kappa shape index (κ3) is 4.48. The summed E-state index contributed by atoms with van der Waals surface area (Å²) < 4.78 is 24.2. The Morgan fingerprint density at radius 1 is 1.41 bits per heavy atom. The van der Waals surface area contributed by atoms with Crippen molar-refractivity contribution < 1.29 is 8.42 Å². The number of likely N-dealkylation sites (tertiary alicyclic amines) is 1. The molecule has 2 heterocycles. The van der Waals surface area contributed by atoms with Crippen molar-refractivity contribution in [3.8, 4) is 0 Å². The van der Waals surface area contributed by atoms with Crippen molar-refractivity contribution in [2.45, 2.75) is 39.4 Å². The standard InChI is InChI=1S/C13H26N6O2S/c1-4-19-11(2)15-16-13(19)10-17(3)12-5-6-18(9-12)7-8-22(14,20)21/h12H,4-10H2,1-3H3,(H2,14,20,21)/t12-/m0/s1. The van der Waals surface area contributed by atoms with Gasteiger partial charge in [-0.2, -0.15) is 0 Å². The minimum Gasteiger partial charge on any atom is -0.314 e. The Hall–Kier alpha value is -1.03. The Kier molecular flexibility index (Phi) is 5.54. The van der Waals surface area contributed by atoms with Crippen molar-refractivity contribution in [3.05, 3.63) is 11.6 Å². The Morgan fingerprint density at radius 3 is 2.77 bits per heavy atom. The highest BCUT2D eigenvalue weighted by atomic mass is 32.2. The zero-order valence-electron chi connectivity index (χ0n) is 13.6. The van der Waals surface area contributed by atoms with Gasteiger partial charge in [0.25, 0.3) is 0 Å². The Bertz CT molecular complexity index is 600. The first-order valence-electron chi connectivity index (χ1n) is 7.62. The van der Waals surface area contributed by atoms with Gasteiger partial charge in [-0.15, -0.1) is 10.2 Å². The fourth-order valence-electron chi connectivity index (χ4n) is 2.94. The van der Waals surface area contributed by atoms with Crippen molar-refractivity contribution in [2.75, 3.05) is 32.4 Å². The third-order valence-corrected chi connectivity index (χ3v) is 5.03. The predicted molar refractivity (Wildman–Crippen MR) is 84.7 cm³/mol. The highest BCUT2D eigenvalue weighted by molar-refractivity contribution is 7.89. The van der Waals surface area contributed by atoms with Gasteiger partial charge < -0.3 is 9.47 Å². The molecule has 0 bridgehead atoms. The van der Waals surface area contributed by atoms with E-state index in [1.54, 1.807) is 0 Å². The minimum absolute atomic E-state index is 0.0206. The molecule has 0 radical (unpaired) electrons. The second-order valence-corrected chi connectivity index (χ2v) is 7.67. The molecular weight excluding hydrogens is 304 g/mol. The summed E-state index contributed by atoms with van der Waals surface area (Å²) in [7, 11) is -1.30. The van der Waals surface area contributed by atoms with Crippen LogP contribution in [-0.4, -0.2) is 71.5 Å². The fourth-order valence-corrected chi connectivity index (χ4v) is 3.45. The van der Waals surface area contributed by atoms with E-state index in [0.717, 1.165) is 44.2 Å². The van der Waals surface area contributed by atoms with E-state index in [9.17, 15) is 8.42 Å². The first kappa shape index (κ1) is 17.3. The van der Waals surface area contributed by atoms with Gasteiger partial charge in [0.15, 0.2) is 0 Å². The van der Waals surface area contributed by atoms with Gasteiger partial charge in [-0.05, 0) is 33.9 Å². The van der Waals surface area contributed by atoms with E-state index in [4.69, 9.17) is 5.14 Å². The monoisotopic (exact) mass is 330 g/mol. The smallest absolute Gasteiger partial charge is 0.210 e. The molecule has 0 aliphatic carbocycles. The quantitative estimate of drug-likeness (QED) is 0.717. The second-order valence-electron chi connectivity index (χ2n) is 5.93. The molecule has 0 saturated carbocycles. The van der Waals surface area contributed by atoms with E-state index in [1.807, 2.05) is 6.92 Å². The molecular formula is C13H26N6O2S. The molecule has 0 aromatic carbocycles. The van der Waals surface area contributed by atoms with Crippen LogP contribution >= 0.6 is 0 Å². The van der Waals surface area contributed by atoms with Crippen LogP contribution in [0.4, 0.5) is 0 Å². The summed E-state index contributed by atoms with van der Waals surface area (Å²) in [6, 6.07) is 0.405. The lowest BCUT2D eigenvalue weighted by Gasteiger charge is -2.24. The second kappa shape index (κ2) is 7.03. The average Bonchev–Trinajstić information content (AvgIpc) is 3.03. The van der Waals surface area contributed by atoms with Gasteiger partial charge in [-0.25, -0.2) is 13.6 Å². The maximum Gasteiger partial charge on any atom is 0.210 e. The van der Waals surface area contributed by atoms with Crippen LogP contribution < -0.4 is 5.14 Å². The molecule has 126 valence electrons. The van der Waals surface area contributed by atoms with Crippen LogP contribution in [0, 0.1) is 6.92 Å². The molecule has 1 saturated heterocycles. The van der Waals surface area contributed by atoms with Gasteiger partial charge in [-0.1, -0.05) is 0 Å². The number of nitrogens with zero attached hydrogens (tertiary/aromatic N) is 5. The maximum atomic E-state index is 11.0. The number of sulfonamides is 1. The van der Waals surface area contributed by atoms with Gasteiger partial charge >= 0.3 is 0 Å². The zero-order chi connectivity index (χ0) is 16.3. The fraction of sp³-hybridized carbons (Fsp3) is 0.846. The van der Waals surface area contributed by atoms with E-state index in [-0.39, 0.29) is 5.75 Å². The molecule has 2 N–H and O–H groups in total. The van der Waals surface area contributed by atoms with Gasteiger partial charge in [0.2, 0.25) is 10.0 Å². The summed E-state index contributed by atoms with van der Waals surface area (Å²) in [5.41, 5.74) is 0. The lowest BCUT2D eigenvalue weighted by molar-refractivity contribution is 0.220. The summed E-state index contributed by atoms with van der Waals surface area (Å²) in [5.74, 6) is 1.94. The average molecular weight is 330 g/mol. The zero-order valence-corrected chi connectivity index (χ0v) is 14.4. The van der Waals surface area contributed by atoms with Crippen LogP contribution in [0.5, 0.6) is 0 Å². The number of aryl methyl sites for hydroxylation is 1. The molecule has 1 aromatic heterocycles. The predicted octanol–water partition coefficient (Wildman–Crippen LogP) is -0.599. The van der Waals surface area contributed by atoms with Gasteiger partial charge in [-0.3, -0.25) is 4.90 Å². The van der Waals surface area contributed by atoms with Gasteiger partial charge in [0, 0.05) is 25.7 Å². The van der Waals surface area contributed by atoms with Crippen LogP contribution in [-0.2, 0) is 23.1 Å². The van der Waals surface area contributed by atoms with E-state index >= 15 is 0 Å². The largest absolute Gasteiger partial charge is 0.314 e. The number of likely N-dealkylation sites (N-methyl/N-ethyl adjacent to an activating group) is 1. The topological polar surface area (TPSA) is 97.3 Å². The number of nitrogens with two attached hydrogens (primary N) is 1. The normalized spacial score (nSPS) is 20.1. The highest BCUT2D eigenvalue weighted by Gasteiger charge is 2.27. The van der Waals surface area contributed by atoms with Crippen LogP contribution in [0.25, 0.3) is 0 Å². The van der Waals surface area contributed by atoms with Crippen LogP contribution in [0.15, 0.2) is 0 Å². The van der Waals surface area contributed by atoms with Crippen molar-refractivity contribution >= 4 is 10.0 Å². The molecule has 1 aliphatic rings. The molecule has 1 aromatic rings. The van der Waals surface area contributed by atoms with Crippen molar-refractivity contribution in [1.82, 2.24) is 24.6 Å². The molecule has 1 aliphatic heterocycles. The molecule has 8 nitrogen and oxygen atoms in total. The Morgan fingerprint density at radius 2 is 2.14 bits per heavy atom. The SMILES string of the molecule is CCn1c(C)nnc1CN(C)[C@H]1CCN(CCS(N)(=O)=O)C1. The summed E-state index contributed by atoms with van der Waals surface area (Å²) in [6.07, 6.45) is 1.03. The summed E-state index contributed by atoms with van der Waals surface area (Å²) >= 11 is 0. The molecule has 22 heavy (non-hydrogen) atoms. The Balaban J connectivity index is 1.87. The molecule has 1 fully saturated rings. The van der Waals surface area contributed by atoms with Gasteiger partial charge in [0.05, 0.1) is 12.3 Å². The van der Waals surface area contributed by atoms with Crippen LogP contribution in [0.2, 0.25) is 0 Å². The maximum absolute atomic E-state index is 11.0. The van der Waals surface area contributed by atoms with Crippen molar-refractivity contribution in [2.24, 2.45) is 5.14 Å². The van der Waals surface area contributed by atoms with Crippen LogP contribution in [0.3, 0.4) is 0 Å². The van der Waals surface area contributed by atoms with Crippen LogP contribution in [0.1, 0.15) is 25.0 Å². The Labute approximate surface area is 132 Å². The minimum atomic E-state index is -3.38. The number of aromatic nitrogens is 3. The van der Waals surface area contributed by atoms with E-state index < -0.39 is 10.0 Å². The molecule has 0 unspecified atom stereocenters.